The standard InChI is InChI=1S/C14H25N3O3/c1-14(12(18)19)4-9-17(10-5-14)13(20)15-6-11-16-7-2-3-8-16/h2-11H2,1H3,(H,15,20)(H,18,19). The number of aliphatic carboxylic acids is 1. The van der Waals surface area contributed by atoms with E-state index in [4.69, 9.17) is 5.11 Å². The van der Waals surface area contributed by atoms with Crippen LogP contribution in [-0.4, -0.2) is 66.2 Å². The maximum Gasteiger partial charge on any atom is 0.317 e. The van der Waals surface area contributed by atoms with E-state index in [0.717, 1.165) is 19.6 Å². The fraction of sp³-hybridized carbons (Fsp3) is 0.857. The summed E-state index contributed by atoms with van der Waals surface area (Å²) in [4.78, 5) is 27.2. The van der Waals surface area contributed by atoms with Gasteiger partial charge in [0.2, 0.25) is 0 Å². The van der Waals surface area contributed by atoms with Gasteiger partial charge in [-0.2, -0.15) is 0 Å². The van der Waals surface area contributed by atoms with Crippen LogP contribution in [0.5, 0.6) is 0 Å². The first-order chi connectivity index (χ1) is 9.51. The molecule has 114 valence electrons. The van der Waals surface area contributed by atoms with E-state index < -0.39 is 11.4 Å². The van der Waals surface area contributed by atoms with Crippen LogP contribution in [0.3, 0.4) is 0 Å². The molecular formula is C14H25N3O3. The van der Waals surface area contributed by atoms with E-state index in [1.165, 1.54) is 12.8 Å². The van der Waals surface area contributed by atoms with Crippen LogP contribution in [0.25, 0.3) is 0 Å². The summed E-state index contributed by atoms with van der Waals surface area (Å²) in [5.41, 5.74) is -0.674. The summed E-state index contributed by atoms with van der Waals surface area (Å²) in [6, 6.07) is -0.0587. The van der Waals surface area contributed by atoms with E-state index in [1.807, 2.05) is 0 Å². The Labute approximate surface area is 120 Å². The predicted molar refractivity (Wildman–Crippen MR) is 75.6 cm³/mol. The number of hydrogen-bond acceptors (Lipinski definition) is 3. The van der Waals surface area contributed by atoms with Crippen molar-refractivity contribution in [2.75, 3.05) is 39.3 Å². The fourth-order valence-electron chi connectivity index (χ4n) is 2.86. The Hall–Kier alpha value is -1.30. The molecule has 0 unspecified atom stereocenters. The molecule has 0 aromatic rings. The van der Waals surface area contributed by atoms with E-state index in [1.54, 1.807) is 11.8 Å². The van der Waals surface area contributed by atoms with Gasteiger partial charge in [0.15, 0.2) is 0 Å². The molecule has 2 aliphatic rings. The molecule has 2 fully saturated rings. The third kappa shape index (κ3) is 3.62. The highest BCUT2D eigenvalue weighted by Crippen LogP contribution is 2.30. The van der Waals surface area contributed by atoms with E-state index in [0.29, 0.717) is 32.5 Å². The topological polar surface area (TPSA) is 72.9 Å². The van der Waals surface area contributed by atoms with Crippen molar-refractivity contribution in [3.05, 3.63) is 0 Å². The summed E-state index contributed by atoms with van der Waals surface area (Å²) in [5, 5.41) is 12.1. The summed E-state index contributed by atoms with van der Waals surface area (Å²) >= 11 is 0. The molecule has 2 amide bonds. The van der Waals surface area contributed by atoms with Gasteiger partial charge in [-0.05, 0) is 45.7 Å². The lowest BCUT2D eigenvalue weighted by atomic mass is 9.80. The molecule has 2 rings (SSSR count). The minimum Gasteiger partial charge on any atom is -0.481 e. The van der Waals surface area contributed by atoms with Crippen molar-refractivity contribution in [1.29, 1.82) is 0 Å². The molecule has 20 heavy (non-hydrogen) atoms. The number of rotatable bonds is 4. The van der Waals surface area contributed by atoms with Gasteiger partial charge in [0.05, 0.1) is 5.41 Å². The molecule has 6 nitrogen and oxygen atoms in total. The van der Waals surface area contributed by atoms with Gasteiger partial charge in [-0.25, -0.2) is 4.79 Å². The number of piperidine rings is 1. The smallest absolute Gasteiger partial charge is 0.317 e. The highest BCUT2D eigenvalue weighted by molar-refractivity contribution is 5.76. The molecule has 2 heterocycles. The van der Waals surface area contributed by atoms with E-state index >= 15 is 0 Å². The Balaban J connectivity index is 1.67. The van der Waals surface area contributed by atoms with Crippen molar-refractivity contribution in [3.8, 4) is 0 Å². The van der Waals surface area contributed by atoms with E-state index in [-0.39, 0.29) is 6.03 Å². The molecule has 0 radical (unpaired) electrons. The summed E-state index contributed by atoms with van der Waals surface area (Å²) in [6.07, 6.45) is 3.57. The predicted octanol–water partition coefficient (Wildman–Crippen LogP) is 0.979. The molecule has 0 aliphatic carbocycles. The largest absolute Gasteiger partial charge is 0.481 e. The Morgan fingerprint density at radius 2 is 1.75 bits per heavy atom. The summed E-state index contributed by atoms with van der Waals surface area (Å²) in [7, 11) is 0. The van der Waals surface area contributed by atoms with Gasteiger partial charge in [0.1, 0.15) is 0 Å². The SMILES string of the molecule is CC1(C(=O)O)CCN(C(=O)NCCN2CCCC2)CC1. The third-order valence-electron chi connectivity index (χ3n) is 4.57. The number of carbonyl (C=O) groups excluding carboxylic acids is 1. The summed E-state index contributed by atoms with van der Waals surface area (Å²) in [6.45, 7) is 6.67. The maximum atomic E-state index is 12.0. The number of amides is 2. The van der Waals surface area contributed by atoms with Crippen molar-refractivity contribution in [2.24, 2.45) is 5.41 Å². The van der Waals surface area contributed by atoms with Gasteiger partial charge in [-0.15, -0.1) is 0 Å². The van der Waals surface area contributed by atoms with Crippen molar-refractivity contribution < 1.29 is 14.7 Å². The number of hydrogen-bond donors (Lipinski definition) is 2. The van der Waals surface area contributed by atoms with Crippen LogP contribution in [-0.2, 0) is 4.79 Å². The average molecular weight is 283 g/mol. The number of carboxylic acid groups (broad SMARTS) is 1. The average Bonchev–Trinajstić information content (AvgIpc) is 2.92. The second-order valence-corrected chi connectivity index (χ2v) is 6.13. The van der Waals surface area contributed by atoms with Crippen LogP contribution < -0.4 is 5.32 Å². The van der Waals surface area contributed by atoms with Crippen LogP contribution in [0, 0.1) is 5.41 Å². The maximum absolute atomic E-state index is 12.0. The fourth-order valence-corrected chi connectivity index (χ4v) is 2.86. The van der Waals surface area contributed by atoms with E-state index in [2.05, 4.69) is 10.2 Å². The van der Waals surface area contributed by atoms with Gasteiger partial charge in [0, 0.05) is 26.2 Å². The second-order valence-electron chi connectivity index (χ2n) is 6.13. The van der Waals surface area contributed by atoms with Crippen LogP contribution >= 0.6 is 0 Å². The molecule has 0 bridgehead atoms. The van der Waals surface area contributed by atoms with Gasteiger partial charge in [-0.1, -0.05) is 0 Å². The molecule has 2 saturated heterocycles. The third-order valence-corrected chi connectivity index (χ3v) is 4.57. The van der Waals surface area contributed by atoms with Crippen LogP contribution in [0.1, 0.15) is 32.6 Å². The van der Waals surface area contributed by atoms with Gasteiger partial charge in [-0.3, -0.25) is 4.79 Å². The molecule has 2 N–H and O–H groups in total. The normalized spacial score (nSPS) is 22.8. The van der Waals surface area contributed by atoms with Crippen molar-refractivity contribution >= 4 is 12.0 Å². The molecule has 0 aromatic heterocycles. The zero-order valence-corrected chi connectivity index (χ0v) is 12.2. The van der Waals surface area contributed by atoms with Gasteiger partial charge in [0.25, 0.3) is 0 Å². The molecule has 0 atom stereocenters. The molecular weight excluding hydrogens is 258 g/mol. The Kier molecular flexibility index (Phi) is 4.86. The van der Waals surface area contributed by atoms with Gasteiger partial charge < -0.3 is 20.2 Å². The number of urea groups is 1. The van der Waals surface area contributed by atoms with Gasteiger partial charge >= 0.3 is 12.0 Å². The quantitative estimate of drug-likeness (QED) is 0.806. The second kappa shape index (κ2) is 6.43. The Morgan fingerprint density at radius 3 is 2.30 bits per heavy atom. The molecule has 0 spiro atoms. The number of nitrogens with one attached hydrogen (secondary N) is 1. The van der Waals surface area contributed by atoms with Crippen molar-refractivity contribution in [1.82, 2.24) is 15.1 Å². The highest BCUT2D eigenvalue weighted by Gasteiger charge is 2.37. The molecule has 0 saturated carbocycles. The zero-order valence-electron chi connectivity index (χ0n) is 12.2. The lowest BCUT2D eigenvalue weighted by Crippen LogP contribution is -2.49. The number of carboxylic acids is 1. The minimum absolute atomic E-state index is 0.0587. The monoisotopic (exact) mass is 283 g/mol. The zero-order chi connectivity index (χ0) is 14.6. The van der Waals surface area contributed by atoms with Crippen molar-refractivity contribution in [2.45, 2.75) is 32.6 Å². The number of carbonyl (C=O) groups is 2. The first kappa shape index (κ1) is 15.1. The lowest BCUT2D eigenvalue weighted by Gasteiger charge is -2.36. The lowest BCUT2D eigenvalue weighted by molar-refractivity contribution is -0.150. The highest BCUT2D eigenvalue weighted by atomic mass is 16.4. The molecule has 0 aromatic carbocycles. The Morgan fingerprint density at radius 1 is 1.15 bits per heavy atom. The molecule has 6 heteroatoms. The first-order valence-electron chi connectivity index (χ1n) is 7.50. The summed E-state index contributed by atoms with van der Waals surface area (Å²) < 4.78 is 0. The van der Waals surface area contributed by atoms with Crippen LogP contribution in [0.4, 0.5) is 4.79 Å². The van der Waals surface area contributed by atoms with Crippen molar-refractivity contribution in [3.63, 3.8) is 0 Å². The Bertz CT molecular complexity index is 359. The summed E-state index contributed by atoms with van der Waals surface area (Å²) in [5.74, 6) is -0.758. The minimum atomic E-state index is -0.758. The van der Waals surface area contributed by atoms with Crippen LogP contribution in [0.2, 0.25) is 0 Å². The molecule has 2 aliphatic heterocycles. The first-order valence-corrected chi connectivity index (χ1v) is 7.50. The number of likely N-dealkylation sites (tertiary alicyclic amines) is 2. The van der Waals surface area contributed by atoms with E-state index in [9.17, 15) is 9.59 Å². The van der Waals surface area contributed by atoms with Crippen LogP contribution in [0.15, 0.2) is 0 Å². The number of nitrogens with zero attached hydrogens (tertiary/aromatic N) is 2.